The van der Waals surface area contributed by atoms with E-state index in [1.165, 1.54) is 18.5 Å². The zero-order chi connectivity index (χ0) is 18.8. The average molecular weight is 386 g/mol. The Hall–Kier alpha value is -2.85. The first-order chi connectivity index (χ1) is 13.1. The number of aromatic nitrogens is 6. The van der Waals surface area contributed by atoms with Crippen LogP contribution in [0.4, 0.5) is 15.2 Å². The number of imidazole rings is 1. The number of H-pyrrole nitrogens is 1. The van der Waals surface area contributed by atoms with Crippen LogP contribution in [0.5, 0.6) is 0 Å². The molecule has 0 aliphatic heterocycles. The predicted molar refractivity (Wildman–Crippen MR) is 103 cm³/mol. The lowest BCUT2D eigenvalue weighted by Crippen LogP contribution is -2.21. The van der Waals surface area contributed by atoms with Crippen LogP contribution in [0.15, 0.2) is 30.9 Å². The molecule has 4 heterocycles. The lowest BCUT2D eigenvalue weighted by molar-refractivity contribution is 0.344. The van der Waals surface area contributed by atoms with Gasteiger partial charge >= 0.3 is 0 Å². The van der Waals surface area contributed by atoms with Crippen molar-refractivity contribution in [3.05, 3.63) is 42.2 Å². The molecule has 3 N–H and O–H groups in total. The Labute approximate surface area is 159 Å². The van der Waals surface area contributed by atoms with Gasteiger partial charge in [-0.2, -0.15) is 9.47 Å². The molecule has 10 heteroatoms. The van der Waals surface area contributed by atoms with Crippen molar-refractivity contribution in [3.63, 3.8) is 0 Å². The van der Waals surface area contributed by atoms with E-state index in [1.807, 2.05) is 29.8 Å². The van der Waals surface area contributed by atoms with Gasteiger partial charge in [0.15, 0.2) is 11.5 Å². The van der Waals surface area contributed by atoms with Crippen LogP contribution < -0.4 is 10.6 Å². The highest BCUT2D eigenvalue weighted by Crippen LogP contribution is 2.27. The van der Waals surface area contributed by atoms with E-state index in [9.17, 15) is 4.39 Å². The Morgan fingerprint density at radius 2 is 2.26 bits per heavy atom. The monoisotopic (exact) mass is 386 g/mol. The molecule has 0 saturated carbocycles. The molecule has 0 bridgehead atoms. The van der Waals surface area contributed by atoms with Gasteiger partial charge in [-0.15, -0.1) is 0 Å². The Kier molecular flexibility index (Phi) is 4.82. The number of aromatic amines is 1. The third-order valence-corrected chi connectivity index (χ3v) is 4.68. The maximum absolute atomic E-state index is 12.9. The highest BCUT2D eigenvalue weighted by atomic mass is 32.1. The number of anilines is 2. The van der Waals surface area contributed by atoms with E-state index in [0.717, 1.165) is 33.3 Å². The zero-order valence-corrected chi connectivity index (χ0v) is 15.7. The van der Waals surface area contributed by atoms with E-state index >= 15 is 0 Å². The molecular weight excluding hydrogens is 367 g/mol. The fourth-order valence-electron chi connectivity index (χ4n) is 2.77. The highest BCUT2D eigenvalue weighted by Gasteiger charge is 2.13. The fourth-order valence-corrected chi connectivity index (χ4v) is 3.43. The summed E-state index contributed by atoms with van der Waals surface area (Å²) in [5.74, 6) is 0.658. The van der Waals surface area contributed by atoms with Gasteiger partial charge in [0.25, 0.3) is 0 Å². The summed E-state index contributed by atoms with van der Waals surface area (Å²) >= 11 is 1.34. The molecule has 0 saturated heterocycles. The van der Waals surface area contributed by atoms with Crippen molar-refractivity contribution >= 4 is 28.0 Å². The molecule has 4 rings (SSSR count). The van der Waals surface area contributed by atoms with Crippen LogP contribution in [0, 0.1) is 6.92 Å². The smallest absolute Gasteiger partial charge is 0.180 e. The van der Waals surface area contributed by atoms with Crippen molar-refractivity contribution < 1.29 is 4.39 Å². The van der Waals surface area contributed by atoms with E-state index < -0.39 is 6.17 Å². The standard InChI is InChI=1S/C17H19FN8S/c1-10(18)4-19-7-13-3-15(27-25-13)24-16-17-20-8-14(12-5-21-22-6-12)26(17)9-11(2)23-16/h3,5-6,8-10,19H,4,7H2,1-2H3,(H,21,22)(H,23,24). The Morgan fingerprint density at radius 1 is 1.37 bits per heavy atom. The zero-order valence-electron chi connectivity index (χ0n) is 14.9. The molecule has 0 amide bonds. The molecule has 1 unspecified atom stereocenters. The van der Waals surface area contributed by atoms with Crippen LogP contribution in [0.1, 0.15) is 18.3 Å². The quantitative estimate of drug-likeness (QED) is 0.452. The fraction of sp³-hybridized carbons (Fsp3) is 0.294. The van der Waals surface area contributed by atoms with Crippen LogP contribution in [-0.2, 0) is 6.54 Å². The van der Waals surface area contributed by atoms with E-state index in [-0.39, 0.29) is 0 Å². The van der Waals surface area contributed by atoms with Gasteiger partial charge in [0.2, 0.25) is 0 Å². The predicted octanol–water partition coefficient (Wildman–Crippen LogP) is 3.08. The molecule has 0 aliphatic rings. The molecule has 27 heavy (non-hydrogen) atoms. The van der Waals surface area contributed by atoms with Gasteiger partial charge < -0.3 is 10.6 Å². The topological polar surface area (TPSA) is 95.8 Å². The van der Waals surface area contributed by atoms with Crippen molar-refractivity contribution in [2.24, 2.45) is 0 Å². The summed E-state index contributed by atoms with van der Waals surface area (Å²) in [7, 11) is 0. The van der Waals surface area contributed by atoms with E-state index in [4.69, 9.17) is 0 Å². The van der Waals surface area contributed by atoms with Gasteiger partial charge in [0.1, 0.15) is 11.2 Å². The second-order valence-corrected chi connectivity index (χ2v) is 7.08. The molecule has 4 aromatic heterocycles. The second kappa shape index (κ2) is 7.41. The van der Waals surface area contributed by atoms with Gasteiger partial charge in [-0.3, -0.25) is 9.50 Å². The Morgan fingerprint density at radius 3 is 3.04 bits per heavy atom. The number of aryl methyl sites for hydroxylation is 1. The van der Waals surface area contributed by atoms with E-state index in [2.05, 4.69) is 35.2 Å². The third-order valence-electron chi connectivity index (χ3n) is 3.94. The van der Waals surface area contributed by atoms with Crippen LogP contribution in [0.2, 0.25) is 0 Å². The molecular formula is C17H19FN8S. The number of nitrogens with zero attached hydrogens (tertiary/aromatic N) is 5. The molecule has 0 radical (unpaired) electrons. The summed E-state index contributed by atoms with van der Waals surface area (Å²) in [6.45, 7) is 4.30. The molecule has 0 fully saturated rings. The van der Waals surface area contributed by atoms with E-state index in [0.29, 0.717) is 18.9 Å². The first-order valence-corrected chi connectivity index (χ1v) is 9.29. The SMILES string of the molecule is Cc1cn2c(-c3cn[nH]c3)cnc2c(Nc2cc(CNCC(C)F)ns2)n1. The number of halogens is 1. The van der Waals surface area contributed by atoms with Crippen molar-refractivity contribution in [3.8, 4) is 11.3 Å². The normalized spacial score (nSPS) is 12.6. The molecule has 8 nitrogen and oxygen atoms in total. The average Bonchev–Trinajstić information content (AvgIpc) is 3.34. The summed E-state index contributed by atoms with van der Waals surface area (Å²) in [6, 6.07) is 1.93. The number of rotatable bonds is 7. The number of fused-ring (bicyclic) bond motifs is 1. The van der Waals surface area contributed by atoms with Gasteiger partial charge in [-0.25, -0.2) is 14.4 Å². The highest BCUT2D eigenvalue weighted by molar-refractivity contribution is 7.10. The van der Waals surface area contributed by atoms with Gasteiger partial charge in [0.05, 0.1) is 29.5 Å². The van der Waals surface area contributed by atoms with Crippen LogP contribution in [-0.4, -0.2) is 41.7 Å². The molecule has 140 valence electrons. The van der Waals surface area contributed by atoms with Crippen LogP contribution >= 0.6 is 11.5 Å². The number of hydrogen-bond donors (Lipinski definition) is 3. The molecule has 1 atom stereocenters. The van der Waals surface area contributed by atoms with Crippen molar-refractivity contribution in [2.45, 2.75) is 26.6 Å². The summed E-state index contributed by atoms with van der Waals surface area (Å²) in [5.41, 5.74) is 4.32. The molecule has 4 aromatic rings. The minimum Gasteiger partial charge on any atom is -0.328 e. The van der Waals surface area contributed by atoms with Gasteiger partial charge in [0, 0.05) is 31.0 Å². The largest absolute Gasteiger partial charge is 0.328 e. The first-order valence-electron chi connectivity index (χ1n) is 8.51. The van der Waals surface area contributed by atoms with Crippen molar-refractivity contribution in [1.29, 1.82) is 0 Å². The second-order valence-electron chi connectivity index (χ2n) is 6.27. The molecule has 0 spiro atoms. The van der Waals surface area contributed by atoms with Gasteiger partial charge in [-0.05, 0) is 31.4 Å². The summed E-state index contributed by atoms with van der Waals surface area (Å²) < 4.78 is 19.2. The molecule has 0 aromatic carbocycles. The maximum atomic E-state index is 12.9. The lowest BCUT2D eigenvalue weighted by Gasteiger charge is -2.07. The minimum absolute atomic E-state index is 0.311. The first kappa shape index (κ1) is 17.6. The number of alkyl halides is 1. The number of nitrogens with one attached hydrogen (secondary N) is 3. The number of hydrogen-bond acceptors (Lipinski definition) is 7. The van der Waals surface area contributed by atoms with Crippen molar-refractivity contribution in [1.82, 2.24) is 34.3 Å². The third kappa shape index (κ3) is 3.81. The van der Waals surface area contributed by atoms with E-state index in [1.54, 1.807) is 12.4 Å². The van der Waals surface area contributed by atoms with Crippen LogP contribution in [0.3, 0.4) is 0 Å². The lowest BCUT2D eigenvalue weighted by atomic mass is 10.3. The van der Waals surface area contributed by atoms with Crippen molar-refractivity contribution in [2.75, 3.05) is 11.9 Å². The Balaban J connectivity index is 1.58. The maximum Gasteiger partial charge on any atom is 0.180 e. The Bertz CT molecular complexity index is 1040. The van der Waals surface area contributed by atoms with Gasteiger partial charge in [-0.1, -0.05) is 0 Å². The summed E-state index contributed by atoms with van der Waals surface area (Å²) in [5, 5.41) is 14.0. The summed E-state index contributed by atoms with van der Waals surface area (Å²) in [4.78, 5) is 9.10. The van der Waals surface area contributed by atoms with Crippen LogP contribution in [0.25, 0.3) is 16.9 Å². The summed E-state index contributed by atoms with van der Waals surface area (Å²) in [6.07, 6.45) is 6.44. The molecule has 0 aliphatic carbocycles. The minimum atomic E-state index is -0.879.